The molecular weight excluding hydrogens is 325 g/mol. The highest BCUT2D eigenvalue weighted by Gasteiger charge is 2.12. The van der Waals surface area contributed by atoms with Gasteiger partial charge in [-0.25, -0.2) is 9.07 Å². The Kier molecular flexibility index (Phi) is 4.76. The quantitative estimate of drug-likeness (QED) is 0.748. The van der Waals surface area contributed by atoms with Gasteiger partial charge in [0.2, 0.25) is 0 Å². The molecule has 6 nitrogen and oxygen atoms in total. The highest BCUT2D eigenvalue weighted by atomic mass is 19.1. The van der Waals surface area contributed by atoms with Crippen molar-refractivity contribution in [2.24, 2.45) is 0 Å². The van der Waals surface area contributed by atoms with Crippen LogP contribution in [0.5, 0.6) is 5.75 Å². The minimum absolute atomic E-state index is 0.202. The third-order valence-corrected chi connectivity index (χ3v) is 3.62. The normalized spacial score (nSPS) is 10.5. The van der Waals surface area contributed by atoms with Crippen LogP contribution in [-0.2, 0) is 6.61 Å². The number of carbonyl (C=O) groups excluding carboxylic acids is 1. The smallest absolute Gasteiger partial charge is 0.276 e. The van der Waals surface area contributed by atoms with Crippen LogP contribution in [0.4, 0.5) is 10.1 Å². The second-order valence-electron chi connectivity index (χ2n) is 5.26. The first-order chi connectivity index (χ1) is 12.1. The molecule has 128 valence electrons. The van der Waals surface area contributed by atoms with Crippen molar-refractivity contribution < 1.29 is 19.0 Å². The van der Waals surface area contributed by atoms with Crippen LogP contribution in [0.2, 0.25) is 0 Å². The van der Waals surface area contributed by atoms with Gasteiger partial charge in [-0.15, -0.1) is 0 Å². The van der Waals surface area contributed by atoms with E-state index in [0.29, 0.717) is 22.7 Å². The van der Waals surface area contributed by atoms with Gasteiger partial charge in [0.1, 0.15) is 11.6 Å². The molecule has 0 spiro atoms. The summed E-state index contributed by atoms with van der Waals surface area (Å²) in [5.41, 5.74) is 1.95. The Balaban J connectivity index is 1.77. The summed E-state index contributed by atoms with van der Waals surface area (Å²) in [6.07, 6.45) is 1.62. The van der Waals surface area contributed by atoms with Crippen molar-refractivity contribution in [3.05, 3.63) is 71.8 Å². The average molecular weight is 341 g/mol. The molecule has 0 atom stereocenters. The van der Waals surface area contributed by atoms with Gasteiger partial charge in [-0.3, -0.25) is 4.79 Å². The van der Waals surface area contributed by atoms with E-state index in [2.05, 4.69) is 10.4 Å². The summed E-state index contributed by atoms with van der Waals surface area (Å²) in [4.78, 5) is 12.3. The van der Waals surface area contributed by atoms with Gasteiger partial charge in [-0.05, 0) is 48.5 Å². The lowest BCUT2D eigenvalue weighted by atomic mass is 10.2. The number of nitrogens with zero attached hydrogens (tertiary/aromatic N) is 2. The van der Waals surface area contributed by atoms with Crippen LogP contribution in [0.3, 0.4) is 0 Å². The number of hydrogen-bond acceptors (Lipinski definition) is 4. The molecule has 7 heteroatoms. The monoisotopic (exact) mass is 341 g/mol. The predicted octanol–water partition coefficient (Wildman–Crippen LogP) is 2.76. The number of aliphatic hydroxyl groups is 1. The summed E-state index contributed by atoms with van der Waals surface area (Å²) < 4.78 is 19.6. The number of nitrogens with one attached hydrogen (secondary N) is 1. The molecule has 0 unspecified atom stereocenters. The molecule has 3 aromatic rings. The van der Waals surface area contributed by atoms with Gasteiger partial charge in [-0.2, -0.15) is 5.10 Å². The van der Waals surface area contributed by atoms with Crippen molar-refractivity contribution in [2.75, 3.05) is 12.4 Å². The Morgan fingerprint density at radius 1 is 1.24 bits per heavy atom. The number of ether oxygens (including phenoxy) is 1. The molecule has 0 saturated heterocycles. The molecule has 0 bridgehead atoms. The first-order valence-corrected chi connectivity index (χ1v) is 7.51. The summed E-state index contributed by atoms with van der Waals surface area (Å²) in [7, 11) is 1.51. The minimum Gasteiger partial charge on any atom is -0.496 e. The number of methoxy groups -OCH3 is 1. The summed E-state index contributed by atoms with van der Waals surface area (Å²) in [6.45, 7) is -0.202. The lowest BCUT2D eigenvalue weighted by molar-refractivity contribution is 0.102. The summed E-state index contributed by atoms with van der Waals surface area (Å²) in [5, 5.41) is 16.2. The molecule has 1 aromatic heterocycles. The Bertz CT molecular complexity index is 891. The molecule has 0 aliphatic heterocycles. The minimum atomic E-state index is -0.394. The maximum absolute atomic E-state index is 13.0. The summed E-state index contributed by atoms with van der Waals surface area (Å²) in [6, 6.07) is 12.3. The zero-order valence-electron chi connectivity index (χ0n) is 13.4. The van der Waals surface area contributed by atoms with E-state index in [1.54, 1.807) is 42.6 Å². The molecule has 2 aromatic carbocycles. The predicted molar refractivity (Wildman–Crippen MR) is 90.4 cm³/mol. The van der Waals surface area contributed by atoms with E-state index in [-0.39, 0.29) is 18.1 Å². The maximum Gasteiger partial charge on any atom is 0.276 e. The van der Waals surface area contributed by atoms with Gasteiger partial charge in [0, 0.05) is 17.4 Å². The van der Waals surface area contributed by atoms with Crippen LogP contribution in [0.1, 0.15) is 16.1 Å². The molecule has 25 heavy (non-hydrogen) atoms. The molecule has 1 heterocycles. The highest BCUT2D eigenvalue weighted by molar-refractivity contribution is 6.02. The standard InChI is InChI=1S/C18H16FN3O3/c1-25-17-7-4-14(10-12(17)11-23)20-18(24)16-8-9-22(21-16)15-5-2-13(19)3-6-15/h2-10,23H,11H2,1H3,(H,20,24). The van der Waals surface area contributed by atoms with Crippen molar-refractivity contribution in [1.82, 2.24) is 9.78 Å². The fraction of sp³-hybridized carbons (Fsp3) is 0.111. The fourth-order valence-electron chi connectivity index (χ4n) is 2.36. The number of carbonyl (C=O) groups is 1. The van der Waals surface area contributed by atoms with Gasteiger partial charge in [0.15, 0.2) is 5.69 Å². The number of benzene rings is 2. The first kappa shape index (κ1) is 16.7. The Morgan fingerprint density at radius 3 is 2.68 bits per heavy atom. The SMILES string of the molecule is COc1ccc(NC(=O)c2ccn(-c3ccc(F)cc3)n2)cc1CO. The Morgan fingerprint density at radius 2 is 2.00 bits per heavy atom. The molecule has 1 amide bonds. The highest BCUT2D eigenvalue weighted by Crippen LogP contribution is 2.23. The zero-order valence-corrected chi connectivity index (χ0v) is 13.4. The topological polar surface area (TPSA) is 76.4 Å². The number of halogens is 1. The Hall–Kier alpha value is -3.19. The average Bonchev–Trinajstić information content (AvgIpc) is 3.12. The van der Waals surface area contributed by atoms with E-state index in [9.17, 15) is 14.3 Å². The van der Waals surface area contributed by atoms with E-state index in [4.69, 9.17) is 4.74 Å². The number of aromatic nitrogens is 2. The third-order valence-electron chi connectivity index (χ3n) is 3.62. The maximum atomic E-state index is 13.0. The van der Waals surface area contributed by atoms with Crippen molar-refractivity contribution >= 4 is 11.6 Å². The van der Waals surface area contributed by atoms with Gasteiger partial charge in [0.25, 0.3) is 5.91 Å². The van der Waals surface area contributed by atoms with E-state index in [1.165, 1.54) is 23.9 Å². The fourth-order valence-corrected chi connectivity index (χ4v) is 2.36. The number of amides is 1. The lowest BCUT2D eigenvalue weighted by Crippen LogP contribution is -2.13. The molecule has 0 radical (unpaired) electrons. The van der Waals surface area contributed by atoms with Crippen LogP contribution in [0.25, 0.3) is 5.69 Å². The molecule has 0 fully saturated rings. The second kappa shape index (κ2) is 7.14. The van der Waals surface area contributed by atoms with E-state index in [1.807, 2.05) is 0 Å². The molecule has 2 N–H and O–H groups in total. The lowest BCUT2D eigenvalue weighted by Gasteiger charge is -2.09. The molecule has 3 rings (SSSR count). The molecule has 0 aliphatic carbocycles. The summed E-state index contributed by atoms with van der Waals surface area (Å²) in [5.74, 6) is -0.191. The van der Waals surface area contributed by atoms with E-state index >= 15 is 0 Å². The molecule has 0 aliphatic rings. The zero-order chi connectivity index (χ0) is 17.8. The number of hydrogen-bond donors (Lipinski definition) is 2. The number of rotatable bonds is 5. The third kappa shape index (κ3) is 3.67. The van der Waals surface area contributed by atoms with Gasteiger partial charge < -0.3 is 15.2 Å². The van der Waals surface area contributed by atoms with Crippen molar-refractivity contribution in [1.29, 1.82) is 0 Å². The van der Waals surface area contributed by atoms with Crippen molar-refractivity contribution in [2.45, 2.75) is 6.61 Å². The largest absolute Gasteiger partial charge is 0.496 e. The van der Waals surface area contributed by atoms with Crippen LogP contribution in [-0.4, -0.2) is 27.9 Å². The van der Waals surface area contributed by atoms with Gasteiger partial charge in [-0.1, -0.05) is 0 Å². The van der Waals surface area contributed by atoms with Crippen molar-refractivity contribution in [3.8, 4) is 11.4 Å². The Labute approximate surface area is 143 Å². The first-order valence-electron chi connectivity index (χ1n) is 7.51. The second-order valence-corrected chi connectivity index (χ2v) is 5.26. The van der Waals surface area contributed by atoms with Crippen LogP contribution < -0.4 is 10.1 Å². The van der Waals surface area contributed by atoms with E-state index in [0.717, 1.165) is 0 Å². The molecule has 0 saturated carbocycles. The van der Waals surface area contributed by atoms with Gasteiger partial charge in [0.05, 0.1) is 19.4 Å². The van der Waals surface area contributed by atoms with Crippen LogP contribution in [0.15, 0.2) is 54.7 Å². The number of anilines is 1. The van der Waals surface area contributed by atoms with Gasteiger partial charge >= 0.3 is 0 Å². The van der Waals surface area contributed by atoms with Crippen LogP contribution >= 0.6 is 0 Å². The summed E-state index contributed by atoms with van der Waals surface area (Å²) >= 11 is 0. The van der Waals surface area contributed by atoms with E-state index < -0.39 is 5.91 Å². The number of aliphatic hydroxyl groups excluding tert-OH is 1. The molecular formula is C18H16FN3O3. The van der Waals surface area contributed by atoms with Crippen LogP contribution in [0, 0.1) is 5.82 Å². The van der Waals surface area contributed by atoms with Crippen molar-refractivity contribution in [3.63, 3.8) is 0 Å².